The van der Waals surface area contributed by atoms with Crippen molar-refractivity contribution < 1.29 is 14.3 Å². The summed E-state index contributed by atoms with van der Waals surface area (Å²) in [6.45, 7) is 1.84. The van der Waals surface area contributed by atoms with Gasteiger partial charge >= 0.3 is 0 Å². The summed E-state index contributed by atoms with van der Waals surface area (Å²) >= 11 is 0. The van der Waals surface area contributed by atoms with Crippen molar-refractivity contribution in [3.63, 3.8) is 0 Å². The number of carbonyl (C=O) groups is 1. The van der Waals surface area contributed by atoms with Gasteiger partial charge in [-0.3, -0.25) is 9.59 Å². The van der Waals surface area contributed by atoms with E-state index in [-0.39, 0.29) is 18.0 Å². The number of benzene rings is 2. The van der Waals surface area contributed by atoms with Gasteiger partial charge in [-0.2, -0.15) is 5.10 Å². The van der Waals surface area contributed by atoms with E-state index in [0.29, 0.717) is 23.6 Å². The van der Waals surface area contributed by atoms with Crippen LogP contribution in [0.2, 0.25) is 0 Å². The highest BCUT2D eigenvalue weighted by Gasteiger charge is 2.22. The fraction of sp³-hybridized carbons (Fsp3) is 0.320. The molecule has 166 valence electrons. The van der Waals surface area contributed by atoms with Gasteiger partial charge in [-0.15, -0.1) is 0 Å². The van der Waals surface area contributed by atoms with Gasteiger partial charge in [0.25, 0.3) is 5.56 Å². The number of hydrogen-bond donors (Lipinski definition) is 1. The van der Waals surface area contributed by atoms with Gasteiger partial charge in [0.05, 0.1) is 25.6 Å². The molecule has 1 amide bonds. The van der Waals surface area contributed by atoms with E-state index in [4.69, 9.17) is 9.47 Å². The number of fused-ring (bicyclic) bond motifs is 1. The van der Waals surface area contributed by atoms with Gasteiger partial charge in [0.2, 0.25) is 5.91 Å². The van der Waals surface area contributed by atoms with Crippen LogP contribution in [-0.4, -0.2) is 29.9 Å². The molecule has 0 spiro atoms. The van der Waals surface area contributed by atoms with E-state index in [1.807, 2.05) is 31.2 Å². The van der Waals surface area contributed by atoms with Crippen LogP contribution in [-0.2, 0) is 24.2 Å². The maximum Gasteiger partial charge on any atom is 0.270 e. The largest absolute Gasteiger partial charge is 0.497 e. The number of ether oxygens (including phenoxy) is 2. The lowest BCUT2D eigenvalue weighted by Gasteiger charge is -2.20. The molecule has 3 aromatic rings. The zero-order chi connectivity index (χ0) is 22.7. The van der Waals surface area contributed by atoms with Crippen LogP contribution in [0.15, 0.2) is 47.3 Å². The third-order valence-electron chi connectivity index (χ3n) is 5.77. The molecule has 1 aromatic heterocycles. The minimum atomic E-state index is -0.364. The number of aryl methyl sites for hydroxylation is 1. The molecule has 4 rings (SSSR count). The van der Waals surface area contributed by atoms with Crippen LogP contribution in [0.5, 0.6) is 11.5 Å². The van der Waals surface area contributed by atoms with E-state index in [9.17, 15) is 9.59 Å². The van der Waals surface area contributed by atoms with Gasteiger partial charge in [0, 0.05) is 17.2 Å². The van der Waals surface area contributed by atoms with Crippen LogP contribution in [0.3, 0.4) is 0 Å². The molecule has 1 aliphatic carbocycles. The second-order valence-corrected chi connectivity index (χ2v) is 7.96. The van der Waals surface area contributed by atoms with Crippen molar-refractivity contribution in [3.8, 4) is 22.8 Å². The molecule has 0 bridgehead atoms. The lowest BCUT2D eigenvalue weighted by atomic mass is 9.89. The highest BCUT2D eigenvalue weighted by molar-refractivity contribution is 5.92. The minimum absolute atomic E-state index is 0.189. The molecular weight excluding hydrogens is 406 g/mol. The lowest BCUT2D eigenvalue weighted by Crippen LogP contribution is -2.34. The van der Waals surface area contributed by atoms with Crippen molar-refractivity contribution in [1.29, 1.82) is 0 Å². The van der Waals surface area contributed by atoms with Crippen LogP contribution in [0.25, 0.3) is 11.3 Å². The molecule has 0 atom stereocenters. The minimum Gasteiger partial charge on any atom is -0.497 e. The fourth-order valence-corrected chi connectivity index (χ4v) is 4.07. The molecule has 7 nitrogen and oxygen atoms in total. The Morgan fingerprint density at radius 2 is 1.75 bits per heavy atom. The van der Waals surface area contributed by atoms with E-state index >= 15 is 0 Å². The standard InChI is InChI=1S/C25H27N3O4/c1-16-8-10-17(11-9-16)24-19-6-4-5-7-20(19)25(30)28(27-24)15-23(29)26-21-14-18(31-2)12-13-22(21)32-3/h8-14H,4-7,15H2,1-3H3,(H,26,29). The fourth-order valence-electron chi connectivity index (χ4n) is 4.07. The smallest absolute Gasteiger partial charge is 0.270 e. The first-order valence-electron chi connectivity index (χ1n) is 10.7. The predicted molar refractivity (Wildman–Crippen MR) is 123 cm³/mol. The van der Waals surface area contributed by atoms with E-state index in [0.717, 1.165) is 47.2 Å². The van der Waals surface area contributed by atoms with Crippen molar-refractivity contribution in [3.05, 3.63) is 69.5 Å². The Hall–Kier alpha value is -3.61. The maximum atomic E-state index is 13.1. The highest BCUT2D eigenvalue weighted by Crippen LogP contribution is 2.30. The Morgan fingerprint density at radius 1 is 1.03 bits per heavy atom. The Bertz CT molecular complexity index is 1200. The van der Waals surface area contributed by atoms with E-state index in [1.54, 1.807) is 25.3 Å². The number of aromatic nitrogens is 2. The summed E-state index contributed by atoms with van der Waals surface area (Å²) < 4.78 is 11.8. The van der Waals surface area contributed by atoms with Gasteiger partial charge in [-0.1, -0.05) is 29.8 Å². The maximum absolute atomic E-state index is 13.1. The molecule has 1 aliphatic rings. The normalized spacial score (nSPS) is 12.7. The van der Waals surface area contributed by atoms with Crippen molar-refractivity contribution in [2.75, 3.05) is 19.5 Å². The molecular formula is C25H27N3O4. The summed E-state index contributed by atoms with van der Waals surface area (Å²) in [5.74, 6) is 0.730. The van der Waals surface area contributed by atoms with Crippen molar-refractivity contribution in [2.45, 2.75) is 39.2 Å². The topological polar surface area (TPSA) is 82.4 Å². The van der Waals surface area contributed by atoms with E-state index in [1.165, 1.54) is 11.8 Å². The summed E-state index contributed by atoms with van der Waals surface area (Å²) in [6.07, 6.45) is 3.54. The molecule has 0 aliphatic heterocycles. The number of amides is 1. The van der Waals surface area contributed by atoms with Gasteiger partial charge in [-0.25, -0.2) is 4.68 Å². The quantitative estimate of drug-likeness (QED) is 0.640. The monoisotopic (exact) mass is 433 g/mol. The van der Waals surface area contributed by atoms with Crippen molar-refractivity contribution in [1.82, 2.24) is 9.78 Å². The van der Waals surface area contributed by atoms with E-state index in [2.05, 4.69) is 10.4 Å². The van der Waals surface area contributed by atoms with Crippen molar-refractivity contribution in [2.24, 2.45) is 0 Å². The SMILES string of the molecule is COc1ccc(OC)c(NC(=O)Cn2nc(-c3ccc(C)cc3)c3c(c2=O)CCCC3)c1. The average molecular weight is 434 g/mol. The van der Waals surface area contributed by atoms with Crippen LogP contribution >= 0.6 is 0 Å². The van der Waals surface area contributed by atoms with Gasteiger partial charge in [-0.05, 0) is 50.3 Å². The number of rotatable bonds is 6. The highest BCUT2D eigenvalue weighted by atomic mass is 16.5. The number of nitrogens with one attached hydrogen (secondary N) is 1. The van der Waals surface area contributed by atoms with E-state index < -0.39 is 0 Å². The van der Waals surface area contributed by atoms with Crippen molar-refractivity contribution >= 4 is 11.6 Å². The molecule has 1 heterocycles. The zero-order valence-corrected chi connectivity index (χ0v) is 18.6. The Balaban J connectivity index is 1.68. The second-order valence-electron chi connectivity index (χ2n) is 7.96. The number of anilines is 1. The number of hydrogen-bond acceptors (Lipinski definition) is 5. The summed E-state index contributed by atoms with van der Waals surface area (Å²) in [4.78, 5) is 26.0. The Labute approximate surface area is 187 Å². The molecule has 0 saturated carbocycles. The molecule has 0 radical (unpaired) electrons. The molecule has 7 heteroatoms. The molecule has 2 aromatic carbocycles. The van der Waals surface area contributed by atoms with Crippen LogP contribution < -0.4 is 20.3 Å². The van der Waals surface area contributed by atoms with Gasteiger partial charge in [0.15, 0.2) is 0 Å². The second kappa shape index (κ2) is 9.26. The number of methoxy groups -OCH3 is 2. The third kappa shape index (κ3) is 4.37. The molecule has 32 heavy (non-hydrogen) atoms. The molecule has 0 fully saturated rings. The predicted octanol–water partition coefficient (Wildman–Crippen LogP) is 3.75. The number of carbonyl (C=O) groups excluding carboxylic acids is 1. The van der Waals surface area contributed by atoms with Crippen LogP contribution in [0.1, 0.15) is 29.5 Å². The van der Waals surface area contributed by atoms with Crippen LogP contribution in [0, 0.1) is 6.92 Å². The summed E-state index contributed by atoms with van der Waals surface area (Å²) in [5, 5.41) is 7.45. The molecule has 1 N–H and O–H groups in total. The molecule has 0 unspecified atom stereocenters. The first kappa shape index (κ1) is 21.6. The van der Waals surface area contributed by atoms with Crippen LogP contribution in [0.4, 0.5) is 5.69 Å². The Morgan fingerprint density at radius 3 is 2.44 bits per heavy atom. The average Bonchev–Trinajstić information content (AvgIpc) is 2.81. The Kier molecular flexibility index (Phi) is 6.25. The number of nitrogens with zero attached hydrogens (tertiary/aromatic N) is 2. The zero-order valence-electron chi connectivity index (χ0n) is 18.6. The molecule has 0 saturated heterocycles. The summed E-state index contributed by atoms with van der Waals surface area (Å²) in [7, 11) is 3.08. The first-order valence-corrected chi connectivity index (χ1v) is 10.7. The summed E-state index contributed by atoms with van der Waals surface area (Å²) in [6, 6.07) is 13.2. The lowest BCUT2D eigenvalue weighted by molar-refractivity contribution is -0.117. The third-order valence-corrected chi connectivity index (χ3v) is 5.77. The first-order chi connectivity index (χ1) is 15.5. The van der Waals surface area contributed by atoms with Gasteiger partial charge < -0.3 is 14.8 Å². The summed E-state index contributed by atoms with van der Waals surface area (Å²) in [5.41, 5.74) is 4.96. The van der Waals surface area contributed by atoms with Gasteiger partial charge in [0.1, 0.15) is 18.0 Å².